The molecular formula is C33H32FN5O6. The second kappa shape index (κ2) is 13.3. The van der Waals surface area contributed by atoms with E-state index in [0.29, 0.717) is 68.8 Å². The average Bonchev–Trinajstić information content (AvgIpc) is 3.08. The first-order chi connectivity index (χ1) is 21.9. The summed E-state index contributed by atoms with van der Waals surface area (Å²) in [4.78, 5) is 60.0. The number of nitrogens with one attached hydrogen (secondary N) is 1. The summed E-state index contributed by atoms with van der Waals surface area (Å²) in [6.45, 7) is 2.67. The predicted molar refractivity (Wildman–Crippen MR) is 162 cm³/mol. The number of hydrogen-bond donors (Lipinski definition) is 1. The molecule has 3 aromatic carbocycles. The normalized spacial score (nSPS) is 16.0. The molecule has 12 heteroatoms. The van der Waals surface area contributed by atoms with Gasteiger partial charge < -0.3 is 19.4 Å². The van der Waals surface area contributed by atoms with Crippen LogP contribution in [0.1, 0.15) is 39.1 Å². The number of carbonyl (C=O) groups excluding carboxylic acids is 3. The lowest BCUT2D eigenvalue weighted by Gasteiger charge is -2.38. The summed E-state index contributed by atoms with van der Waals surface area (Å²) >= 11 is 0. The minimum absolute atomic E-state index is 0.00190. The van der Waals surface area contributed by atoms with Gasteiger partial charge in [-0.25, -0.2) is 14.3 Å². The van der Waals surface area contributed by atoms with Crippen molar-refractivity contribution in [2.24, 2.45) is 5.92 Å². The molecule has 2 aliphatic rings. The van der Waals surface area contributed by atoms with Crippen molar-refractivity contribution in [3.63, 3.8) is 0 Å². The van der Waals surface area contributed by atoms with Gasteiger partial charge in [-0.2, -0.15) is 0 Å². The molecule has 2 saturated heterocycles. The number of rotatable bonds is 7. The molecule has 1 N–H and O–H groups in total. The summed E-state index contributed by atoms with van der Waals surface area (Å²) in [6.07, 6.45) is 1.18. The number of piperazine rings is 1. The largest absolute Gasteiger partial charge is 0.471 e. The van der Waals surface area contributed by atoms with Gasteiger partial charge in [-0.3, -0.25) is 14.4 Å². The van der Waals surface area contributed by atoms with Gasteiger partial charge >= 0.3 is 5.97 Å². The molecule has 0 bridgehead atoms. The zero-order chi connectivity index (χ0) is 31.3. The molecule has 0 atom stereocenters. The molecule has 0 radical (unpaired) electrons. The van der Waals surface area contributed by atoms with Crippen LogP contribution in [0.15, 0.2) is 77.6 Å². The van der Waals surface area contributed by atoms with Crippen molar-refractivity contribution in [3.05, 3.63) is 106 Å². The number of nitrogens with zero attached hydrogens (tertiary/aromatic N) is 4. The molecule has 6 rings (SSSR count). The third kappa shape index (κ3) is 6.70. The Hall–Kier alpha value is -5.10. The molecule has 0 unspecified atom stereocenters. The number of aromatic nitrogens is 2. The Labute approximate surface area is 258 Å². The third-order valence-electron chi connectivity index (χ3n) is 8.18. The molecule has 3 heterocycles. The van der Waals surface area contributed by atoms with E-state index in [4.69, 9.17) is 9.57 Å². The van der Waals surface area contributed by atoms with Crippen molar-refractivity contribution in [2.45, 2.75) is 19.4 Å². The lowest BCUT2D eigenvalue weighted by atomic mass is 9.96. The van der Waals surface area contributed by atoms with Crippen LogP contribution >= 0.6 is 0 Å². The van der Waals surface area contributed by atoms with Gasteiger partial charge in [-0.05, 0) is 54.8 Å². The monoisotopic (exact) mass is 613 g/mol. The van der Waals surface area contributed by atoms with E-state index in [1.165, 1.54) is 18.2 Å². The molecule has 45 heavy (non-hydrogen) atoms. The fourth-order valence-electron chi connectivity index (χ4n) is 5.71. The molecule has 0 saturated carbocycles. The van der Waals surface area contributed by atoms with Gasteiger partial charge in [0.15, 0.2) is 0 Å². The number of carbonyl (C=O) groups is 3. The molecule has 2 amide bonds. The van der Waals surface area contributed by atoms with Crippen LogP contribution in [0.2, 0.25) is 0 Å². The standard InChI is InChI=1S/C33H32FN5O6/c34-27-11-5-10-26-28(27)30(36-35-29(26)40)44-21-22-6-4-9-25(20-22)32(42)38-18-16-37(17-19-38)31(41)23-12-14-39(15-13-23)45-33(43)24-7-2-1-3-8-24/h1-11,20,23H,12-19,21H2,(H,35,40). The number of piperidine rings is 1. The van der Waals surface area contributed by atoms with Crippen LogP contribution in [0.4, 0.5) is 4.39 Å². The molecule has 0 aliphatic carbocycles. The van der Waals surface area contributed by atoms with Gasteiger partial charge in [0.25, 0.3) is 11.5 Å². The number of benzene rings is 3. The van der Waals surface area contributed by atoms with Crippen LogP contribution in [0.25, 0.3) is 10.8 Å². The highest BCUT2D eigenvalue weighted by Crippen LogP contribution is 2.25. The SMILES string of the molecule is O=C(ON1CCC(C(=O)N2CCN(C(=O)c3cccc(COc4n[nH]c(=O)c5cccc(F)c45)c3)CC2)CC1)c1ccccc1. The highest BCUT2D eigenvalue weighted by Gasteiger charge is 2.32. The summed E-state index contributed by atoms with van der Waals surface area (Å²) in [5, 5.41) is 7.94. The molecule has 2 fully saturated rings. The number of aromatic amines is 1. The molecule has 2 aliphatic heterocycles. The number of amides is 2. The zero-order valence-corrected chi connectivity index (χ0v) is 24.5. The Bertz CT molecular complexity index is 1760. The van der Waals surface area contributed by atoms with Gasteiger partial charge in [0.2, 0.25) is 11.8 Å². The van der Waals surface area contributed by atoms with Crippen molar-refractivity contribution in [1.29, 1.82) is 0 Å². The smallest absolute Gasteiger partial charge is 0.357 e. The number of halogens is 1. The van der Waals surface area contributed by atoms with Crippen LogP contribution in [0, 0.1) is 11.7 Å². The van der Waals surface area contributed by atoms with E-state index in [2.05, 4.69) is 10.2 Å². The zero-order valence-electron chi connectivity index (χ0n) is 24.5. The summed E-state index contributed by atoms with van der Waals surface area (Å²) in [7, 11) is 0. The van der Waals surface area contributed by atoms with Crippen molar-refractivity contribution in [1.82, 2.24) is 25.1 Å². The molecular weight excluding hydrogens is 581 g/mol. The Morgan fingerprint density at radius 1 is 0.844 bits per heavy atom. The van der Waals surface area contributed by atoms with Crippen molar-refractivity contribution in [3.8, 4) is 5.88 Å². The van der Waals surface area contributed by atoms with E-state index in [1.807, 2.05) is 11.0 Å². The molecule has 11 nitrogen and oxygen atoms in total. The molecule has 0 spiro atoms. The van der Waals surface area contributed by atoms with Crippen LogP contribution in [-0.2, 0) is 16.2 Å². The summed E-state index contributed by atoms with van der Waals surface area (Å²) in [5.41, 5.74) is 1.11. The molecule has 4 aromatic rings. The lowest BCUT2D eigenvalue weighted by Crippen LogP contribution is -2.53. The topological polar surface area (TPSA) is 125 Å². The maximum atomic E-state index is 14.5. The van der Waals surface area contributed by atoms with Crippen molar-refractivity contribution < 1.29 is 28.3 Å². The number of hydroxylamine groups is 2. The lowest BCUT2D eigenvalue weighted by molar-refractivity contribution is -0.148. The van der Waals surface area contributed by atoms with Gasteiger partial charge in [-0.15, -0.1) is 10.2 Å². The fraction of sp³-hybridized carbons (Fsp3) is 0.303. The quantitative estimate of drug-likeness (QED) is 0.336. The van der Waals surface area contributed by atoms with E-state index in [0.717, 1.165) is 0 Å². The van der Waals surface area contributed by atoms with E-state index < -0.39 is 17.3 Å². The second-order valence-corrected chi connectivity index (χ2v) is 11.1. The first kappa shape index (κ1) is 29.9. The summed E-state index contributed by atoms with van der Waals surface area (Å²) in [6, 6.07) is 19.9. The van der Waals surface area contributed by atoms with E-state index in [-0.39, 0.29) is 41.0 Å². The first-order valence-electron chi connectivity index (χ1n) is 14.9. The number of fused-ring (bicyclic) bond motifs is 1. The minimum atomic E-state index is -0.613. The Kier molecular flexibility index (Phi) is 8.83. The summed E-state index contributed by atoms with van der Waals surface area (Å²) in [5.74, 6) is -1.31. The van der Waals surface area contributed by atoms with Crippen LogP contribution < -0.4 is 10.3 Å². The number of hydrogen-bond acceptors (Lipinski definition) is 8. The second-order valence-electron chi connectivity index (χ2n) is 11.1. The van der Waals surface area contributed by atoms with Gasteiger partial charge in [0, 0.05) is 50.7 Å². The van der Waals surface area contributed by atoms with Gasteiger partial charge in [0.05, 0.1) is 16.3 Å². The van der Waals surface area contributed by atoms with Crippen LogP contribution in [-0.4, -0.2) is 82.1 Å². The fourth-order valence-corrected chi connectivity index (χ4v) is 5.71. The minimum Gasteiger partial charge on any atom is -0.471 e. The number of H-pyrrole nitrogens is 1. The molecule has 1 aromatic heterocycles. The molecule has 232 valence electrons. The van der Waals surface area contributed by atoms with Crippen LogP contribution in [0.5, 0.6) is 5.88 Å². The van der Waals surface area contributed by atoms with Gasteiger partial charge in [0.1, 0.15) is 12.4 Å². The maximum Gasteiger partial charge on any atom is 0.357 e. The van der Waals surface area contributed by atoms with E-state index in [9.17, 15) is 23.6 Å². The Morgan fingerprint density at radius 3 is 2.29 bits per heavy atom. The van der Waals surface area contributed by atoms with Crippen molar-refractivity contribution in [2.75, 3.05) is 39.3 Å². The van der Waals surface area contributed by atoms with Crippen LogP contribution in [0.3, 0.4) is 0 Å². The van der Waals surface area contributed by atoms with E-state index in [1.54, 1.807) is 58.5 Å². The first-order valence-corrected chi connectivity index (χ1v) is 14.9. The average molecular weight is 614 g/mol. The summed E-state index contributed by atoms with van der Waals surface area (Å²) < 4.78 is 20.2. The van der Waals surface area contributed by atoms with Crippen molar-refractivity contribution >= 4 is 28.6 Å². The highest BCUT2D eigenvalue weighted by atomic mass is 19.1. The maximum absolute atomic E-state index is 14.5. The Morgan fingerprint density at radius 2 is 1.53 bits per heavy atom. The van der Waals surface area contributed by atoms with E-state index >= 15 is 0 Å². The third-order valence-corrected chi connectivity index (χ3v) is 8.18. The van der Waals surface area contributed by atoms with Gasteiger partial charge in [-0.1, -0.05) is 36.4 Å². The Balaban J connectivity index is 0.992. The highest BCUT2D eigenvalue weighted by molar-refractivity contribution is 5.94. The number of ether oxygens (including phenoxy) is 1. The predicted octanol–water partition coefficient (Wildman–Crippen LogP) is 3.41.